The smallest absolute Gasteiger partial charge is 0.211 e. The maximum Gasteiger partial charge on any atom is 0.211 e. The van der Waals surface area contributed by atoms with Gasteiger partial charge in [-0.2, -0.15) is 0 Å². The van der Waals surface area contributed by atoms with Crippen LogP contribution in [-0.2, 0) is 25.7 Å². The molecular weight excluding hydrogens is 1490 g/mol. The summed E-state index contributed by atoms with van der Waals surface area (Å²) >= 11 is 0. The van der Waals surface area contributed by atoms with Crippen LogP contribution in [0.25, 0.3) is 16.9 Å². The monoisotopic (exact) mass is 1710 g/mol. The highest BCUT2D eigenvalue weighted by Crippen LogP contribution is 2.47. The van der Waals surface area contributed by atoms with Crippen LogP contribution in [0, 0.1) is 23.7 Å². The van der Waals surface area contributed by atoms with Crippen LogP contribution in [0.2, 0.25) is 0 Å². The second kappa shape index (κ2) is 91.0. The molecule has 0 fully saturated rings. The second-order valence-electron chi connectivity index (χ2n) is 39.6. The number of aryl methyl sites for hydroxylation is 2. The molecule has 0 amide bonds. The number of benzene rings is 2. The highest BCUT2D eigenvalue weighted by atomic mass is 15.2. The van der Waals surface area contributed by atoms with Gasteiger partial charge in [0.15, 0.2) is 0 Å². The van der Waals surface area contributed by atoms with Gasteiger partial charge in [-0.1, -0.05) is 527 Å². The van der Waals surface area contributed by atoms with Crippen molar-refractivity contribution in [3.8, 4) is 23.7 Å². The first-order valence-electron chi connectivity index (χ1n) is 57.0. The van der Waals surface area contributed by atoms with Crippen LogP contribution in [0.4, 0.5) is 0 Å². The molecule has 0 bridgehead atoms. The lowest BCUT2D eigenvalue weighted by molar-refractivity contribution is -0.345. The Morgan fingerprint density at radius 1 is 0.202 bits per heavy atom. The molecule has 0 aliphatic carbocycles. The lowest BCUT2D eigenvalue weighted by atomic mass is 9.87. The van der Waals surface area contributed by atoms with Gasteiger partial charge in [0.1, 0.15) is 0 Å². The van der Waals surface area contributed by atoms with Crippen molar-refractivity contribution in [2.75, 3.05) is 0 Å². The SMILES string of the molecule is CCCCCCCCCCCCCCCCCCCC#CCCc1cccc(C2=C(CCCC)C(CCCCCC)=C(c3cccc(CCC#CCCCCCCCCCCCCCCCCCCC)c3CCCCC=CCCCCCCCCCCCCCCCCCCC)[N+]2=[N-])c1CCCCC=CCCCCCCCCCCCCCCCCCCC. The summed E-state index contributed by atoms with van der Waals surface area (Å²) in [5, 5.41) is 0. The number of allylic oxidation sites excluding steroid dienone is 6. The summed E-state index contributed by atoms with van der Waals surface area (Å²) in [6.07, 6.45) is 133. The summed E-state index contributed by atoms with van der Waals surface area (Å²) in [5.74, 6) is 14.8. The Kier molecular flexibility index (Phi) is 83.9. The molecule has 0 saturated carbocycles. The molecule has 2 nitrogen and oxygen atoms in total. The first kappa shape index (κ1) is 114. The molecule has 0 spiro atoms. The molecule has 0 atom stereocenters. The van der Waals surface area contributed by atoms with E-state index in [1.54, 1.807) is 4.70 Å². The maximum absolute atomic E-state index is 13.7. The van der Waals surface area contributed by atoms with Gasteiger partial charge in [0.2, 0.25) is 11.4 Å². The first-order chi connectivity index (χ1) is 61.6. The molecule has 1 aliphatic rings. The molecule has 2 aromatic rings. The average molecular weight is 1710 g/mol. The molecule has 0 saturated heterocycles. The minimum Gasteiger partial charge on any atom is -0.493 e. The Morgan fingerprint density at radius 2 is 0.395 bits per heavy atom. The zero-order valence-corrected chi connectivity index (χ0v) is 84.7. The number of nitrogens with zero attached hydrogens (tertiary/aromatic N) is 2. The summed E-state index contributed by atoms with van der Waals surface area (Å²) in [6.45, 7) is 14.0. The van der Waals surface area contributed by atoms with E-state index in [1.807, 2.05) is 0 Å². The van der Waals surface area contributed by atoms with Crippen molar-refractivity contribution >= 4 is 11.4 Å². The van der Waals surface area contributed by atoms with E-state index in [0.29, 0.717) is 0 Å². The van der Waals surface area contributed by atoms with Gasteiger partial charge in [-0.05, 0) is 163 Å². The van der Waals surface area contributed by atoms with E-state index < -0.39 is 0 Å². The van der Waals surface area contributed by atoms with E-state index in [0.717, 1.165) is 121 Å². The average Bonchev–Trinajstić information content (AvgIpc) is 1.59. The molecule has 710 valence electrons. The van der Waals surface area contributed by atoms with Gasteiger partial charge in [-0.3, -0.25) is 0 Å². The topological polar surface area (TPSA) is 25.3 Å². The van der Waals surface area contributed by atoms with E-state index in [4.69, 9.17) is 0 Å². The van der Waals surface area contributed by atoms with Crippen molar-refractivity contribution in [2.24, 2.45) is 0 Å². The Balaban J connectivity index is 1.80. The van der Waals surface area contributed by atoms with Crippen LogP contribution in [0.1, 0.15) is 640 Å². The van der Waals surface area contributed by atoms with Crippen LogP contribution >= 0.6 is 0 Å². The quantitative estimate of drug-likeness (QED) is 0.0273. The molecular formula is C122H212N2. The van der Waals surface area contributed by atoms with Gasteiger partial charge in [-0.15, -0.1) is 23.7 Å². The fourth-order valence-corrected chi connectivity index (χ4v) is 19.8. The number of unbranched alkanes of at least 4 members (excludes halogenated alkanes) is 76. The number of hydrogen-bond donors (Lipinski definition) is 0. The molecule has 0 N–H and O–H groups in total. The normalized spacial score (nSPS) is 12.4. The lowest BCUT2D eigenvalue weighted by Crippen LogP contribution is -2.09. The molecule has 3 rings (SSSR count). The van der Waals surface area contributed by atoms with Gasteiger partial charge >= 0.3 is 0 Å². The van der Waals surface area contributed by atoms with E-state index in [9.17, 15) is 5.53 Å². The summed E-state index contributed by atoms with van der Waals surface area (Å²) in [5.41, 5.74) is 27.0. The summed E-state index contributed by atoms with van der Waals surface area (Å²) in [6, 6.07) is 14.4. The molecule has 1 aliphatic heterocycles. The van der Waals surface area contributed by atoms with Gasteiger partial charge < -0.3 is 5.53 Å². The summed E-state index contributed by atoms with van der Waals surface area (Å²) < 4.78 is 1.78. The zero-order valence-electron chi connectivity index (χ0n) is 84.7. The maximum atomic E-state index is 13.7. The van der Waals surface area contributed by atoms with E-state index in [1.165, 1.54) is 526 Å². The van der Waals surface area contributed by atoms with Crippen LogP contribution in [-0.4, -0.2) is 4.70 Å². The van der Waals surface area contributed by atoms with Crippen LogP contribution in [0.15, 0.2) is 71.8 Å². The first-order valence-corrected chi connectivity index (χ1v) is 57.0. The molecule has 0 aromatic heterocycles. The zero-order chi connectivity index (χ0) is 88.3. The molecule has 2 heteroatoms. The van der Waals surface area contributed by atoms with Gasteiger partial charge in [0.25, 0.3) is 0 Å². The molecule has 124 heavy (non-hydrogen) atoms. The standard InChI is InChI=1S/C122H212N2/c1-7-13-19-24-28-32-36-40-44-48-52-56-58-62-66-70-74-78-82-86-90-94-99-108-115-113(103-96-92-88-84-80-76-72-68-64-60-54-50-46-42-38-34-30-26-21-15-9-3)105-101-111-117(115)121-119(107-18-12-6)120(110-98-23-17-11-5)122(124(121)123)118-112-102-106-114(104-97-93-89-85-81-77-73-69-65-61-55-51-47-43-39-35-31-27-22-16-10-4)116(118)109-100-95-91-87-83-79-75-71-67-63-59-57-53-49-45-41-37-33-29-25-20-14-8-2/h82-83,86-87,101-102,105-106,111-112H,7-81,84-85,90-91,94-100,103-104,107-110H2,1-6H3. The Hall–Kier alpha value is -3.88. The minimum atomic E-state index is 0.893. The van der Waals surface area contributed by atoms with Crippen LogP contribution < -0.4 is 0 Å². The van der Waals surface area contributed by atoms with Crippen LogP contribution in [0.3, 0.4) is 0 Å². The fraction of sp³-hybridized carbons (Fsp3) is 0.803. The van der Waals surface area contributed by atoms with Gasteiger partial charge in [0, 0.05) is 48.0 Å². The number of rotatable bonds is 94. The van der Waals surface area contributed by atoms with Crippen molar-refractivity contribution in [1.82, 2.24) is 0 Å². The molecule has 0 unspecified atom stereocenters. The Morgan fingerprint density at radius 3 is 0.645 bits per heavy atom. The van der Waals surface area contributed by atoms with Crippen molar-refractivity contribution in [3.05, 3.63) is 111 Å². The largest absolute Gasteiger partial charge is 0.493 e. The third-order valence-corrected chi connectivity index (χ3v) is 28.0. The van der Waals surface area contributed by atoms with Crippen molar-refractivity contribution in [3.63, 3.8) is 0 Å². The third kappa shape index (κ3) is 64.8. The van der Waals surface area contributed by atoms with E-state index in [-0.39, 0.29) is 0 Å². The van der Waals surface area contributed by atoms with E-state index in [2.05, 4.69) is 126 Å². The number of hydrogen-bond acceptors (Lipinski definition) is 0. The van der Waals surface area contributed by atoms with Crippen molar-refractivity contribution in [1.29, 1.82) is 0 Å². The third-order valence-electron chi connectivity index (χ3n) is 28.0. The highest BCUT2D eigenvalue weighted by Gasteiger charge is 2.38. The predicted octanol–water partition coefficient (Wildman–Crippen LogP) is 42.6. The van der Waals surface area contributed by atoms with Crippen molar-refractivity contribution in [2.45, 2.75) is 632 Å². The highest BCUT2D eigenvalue weighted by molar-refractivity contribution is 5.84. The molecule has 0 radical (unpaired) electrons. The predicted molar refractivity (Wildman–Crippen MR) is 559 cm³/mol. The van der Waals surface area contributed by atoms with Gasteiger partial charge in [-0.25, -0.2) is 4.70 Å². The lowest BCUT2D eigenvalue weighted by Gasteiger charge is -2.18. The second-order valence-corrected chi connectivity index (χ2v) is 39.6. The van der Waals surface area contributed by atoms with Crippen molar-refractivity contribution < 1.29 is 4.70 Å². The minimum absolute atomic E-state index is 0.893. The fourth-order valence-electron chi connectivity index (χ4n) is 19.8. The summed E-state index contributed by atoms with van der Waals surface area (Å²) in [7, 11) is 0. The Labute approximate surface area is 777 Å². The van der Waals surface area contributed by atoms with E-state index >= 15 is 0 Å². The van der Waals surface area contributed by atoms with Crippen LogP contribution in [0.5, 0.6) is 0 Å². The van der Waals surface area contributed by atoms with Gasteiger partial charge in [0.05, 0.1) is 0 Å². The summed E-state index contributed by atoms with van der Waals surface area (Å²) in [4.78, 5) is 0. The Bertz CT molecular complexity index is 2930. The molecule has 1 heterocycles. The molecule has 2 aromatic carbocycles.